The summed E-state index contributed by atoms with van der Waals surface area (Å²) in [6.45, 7) is 6.28. The van der Waals surface area contributed by atoms with Crippen LogP contribution in [0.2, 0.25) is 5.02 Å². The fourth-order valence-electron chi connectivity index (χ4n) is 3.12. The third-order valence-electron chi connectivity index (χ3n) is 4.67. The van der Waals surface area contributed by atoms with E-state index in [1.807, 2.05) is 31.2 Å². The molecule has 2 heterocycles. The Kier molecular flexibility index (Phi) is 6.34. The van der Waals surface area contributed by atoms with E-state index in [4.69, 9.17) is 11.6 Å². The number of carbonyl (C=O) groups is 1. The van der Waals surface area contributed by atoms with Crippen LogP contribution in [0.1, 0.15) is 11.8 Å². The molecule has 134 valence electrons. The molecule has 1 fully saturated rings. The van der Waals surface area contributed by atoms with Crippen molar-refractivity contribution >= 4 is 34.5 Å². The molecule has 0 spiro atoms. The molecule has 1 aliphatic heterocycles. The van der Waals surface area contributed by atoms with Gasteiger partial charge in [0, 0.05) is 48.3 Å². The van der Waals surface area contributed by atoms with Crippen LogP contribution in [-0.2, 0) is 11.2 Å². The molecule has 6 heteroatoms. The van der Waals surface area contributed by atoms with Crippen LogP contribution < -0.4 is 10.2 Å². The van der Waals surface area contributed by atoms with Crippen LogP contribution in [0.5, 0.6) is 0 Å². The molecule has 4 nitrogen and oxygen atoms in total. The van der Waals surface area contributed by atoms with E-state index in [9.17, 15) is 4.79 Å². The number of hydrogen-bond acceptors (Lipinski definition) is 4. The molecule has 1 aliphatic rings. The molecule has 1 atom stereocenters. The van der Waals surface area contributed by atoms with Crippen molar-refractivity contribution in [3.05, 3.63) is 51.7 Å². The standard InChI is InChI=1S/C19H24ClN3OS/c1-15(19(24)21-8-7-18-6-3-13-25-18)22-9-11-23(12-10-22)17-5-2-4-16(20)14-17/h2-6,13-15H,7-12H2,1H3,(H,21,24)/t15-/m1/s1. The van der Waals surface area contributed by atoms with Gasteiger partial charge in [0.25, 0.3) is 0 Å². The smallest absolute Gasteiger partial charge is 0.237 e. The van der Waals surface area contributed by atoms with Crippen LogP contribution in [0.25, 0.3) is 0 Å². The normalized spacial score (nSPS) is 16.6. The summed E-state index contributed by atoms with van der Waals surface area (Å²) in [4.78, 5) is 18.3. The molecule has 1 N–H and O–H groups in total. The van der Waals surface area contributed by atoms with Crippen molar-refractivity contribution in [3.8, 4) is 0 Å². The number of benzene rings is 1. The van der Waals surface area contributed by atoms with Crippen LogP contribution in [0.3, 0.4) is 0 Å². The van der Waals surface area contributed by atoms with Crippen molar-refractivity contribution in [1.29, 1.82) is 0 Å². The second-order valence-corrected chi connectivity index (χ2v) is 7.77. The summed E-state index contributed by atoms with van der Waals surface area (Å²) in [5, 5.41) is 5.89. The van der Waals surface area contributed by atoms with Crippen molar-refractivity contribution in [2.24, 2.45) is 0 Å². The number of rotatable bonds is 6. The van der Waals surface area contributed by atoms with E-state index in [0.717, 1.165) is 43.3 Å². The second-order valence-electron chi connectivity index (χ2n) is 6.30. The minimum absolute atomic E-state index is 0.0927. The number of nitrogens with one attached hydrogen (secondary N) is 1. The van der Waals surface area contributed by atoms with Gasteiger partial charge in [0.15, 0.2) is 0 Å². The molecule has 1 aromatic heterocycles. The van der Waals surface area contributed by atoms with Crippen LogP contribution in [0.4, 0.5) is 5.69 Å². The monoisotopic (exact) mass is 377 g/mol. The van der Waals surface area contributed by atoms with E-state index in [0.29, 0.717) is 6.54 Å². The zero-order chi connectivity index (χ0) is 17.6. The Hall–Kier alpha value is -1.56. The van der Waals surface area contributed by atoms with Crippen molar-refractivity contribution in [2.75, 3.05) is 37.6 Å². The van der Waals surface area contributed by atoms with E-state index < -0.39 is 0 Å². The molecule has 1 aromatic carbocycles. The summed E-state index contributed by atoms with van der Waals surface area (Å²) >= 11 is 7.81. The molecule has 0 bridgehead atoms. The molecule has 0 saturated carbocycles. The van der Waals surface area contributed by atoms with Crippen molar-refractivity contribution in [2.45, 2.75) is 19.4 Å². The number of piperazine rings is 1. The molecule has 0 unspecified atom stereocenters. The largest absolute Gasteiger partial charge is 0.369 e. The molecule has 2 aromatic rings. The average Bonchev–Trinajstić information content (AvgIpc) is 3.14. The highest BCUT2D eigenvalue weighted by Crippen LogP contribution is 2.21. The fourth-order valence-corrected chi connectivity index (χ4v) is 4.01. The van der Waals surface area contributed by atoms with Gasteiger partial charge in [0.1, 0.15) is 0 Å². The molecule has 1 saturated heterocycles. The van der Waals surface area contributed by atoms with Gasteiger partial charge in [-0.1, -0.05) is 23.7 Å². The molecular weight excluding hydrogens is 354 g/mol. The fraction of sp³-hybridized carbons (Fsp3) is 0.421. The zero-order valence-electron chi connectivity index (χ0n) is 14.5. The Labute approximate surface area is 158 Å². The van der Waals surface area contributed by atoms with Gasteiger partial charge in [-0.3, -0.25) is 9.69 Å². The molecule has 0 aliphatic carbocycles. The minimum atomic E-state index is -0.0927. The number of hydrogen-bond donors (Lipinski definition) is 1. The van der Waals surface area contributed by atoms with E-state index in [1.54, 1.807) is 11.3 Å². The Morgan fingerprint density at radius 1 is 1.24 bits per heavy atom. The lowest BCUT2D eigenvalue weighted by molar-refractivity contribution is -0.125. The Bertz CT molecular complexity index is 684. The third-order valence-corrected chi connectivity index (χ3v) is 5.84. The van der Waals surface area contributed by atoms with Gasteiger partial charge in [-0.05, 0) is 43.0 Å². The summed E-state index contributed by atoms with van der Waals surface area (Å²) in [6.07, 6.45) is 0.901. The highest BCUT2D eigenvalue weighted by atomic mass is 35.5. The van der Waals surface area contributed by atoms with Gasteiger partial charge in [0.2, 0.25) is 5.91 Å². The third kappa shape index (κ3) is 4.97. The number of thiophene rings is 1. The summed E-state index contributed by atoms with van der Waals surface area (Å²) in [7, 11) is 0. The molecule has 1 amide bonds. The van der Waals surface area contributed by atoms with E-state index >= 15 is 0 Å². The first kappa shape index (κ1) is 18.2. The minimum Gasteiger partial charge on any atom is -0.369 e. The Morgan fingerprint density at radius 2 is 2.04 bits per heavy atom. The van der Waals surface area contributed by atoms with E-state index in [1.165, 1.54) is 4.88 Å². The Balaban J connectivity index is 1.44. The van der Waals surface area contributed by atoms with Crippen LogP contribution in [0.15, 0.2) is 41.8 Å². The zero-order valence-corrected chi connectivity index (χ0v) is 16.0. The highest BCUT2D eigenvalue weighted by molar-refractivity contribution is 7.09. The topological polar surface area (TPSA) is 35.6 Å². The predicted molar refractivity (Wildman–Crippen MR) is 106 cm³/mol. The molecule has 0 radical (unpaired) electrons. The maximum absolute atomic E-state index is 12.4. The summed E-state index contributed by atoms with van der Waals surface area (Å²) in [5.41, 5.74) is 1.15. The van der Waals surface area contributed by atoms with Gasteiger partial charge in [-0.2, -0.15) is 0 Å². The van der Waals surface area contributed by atoms with Crippen molar-refractivity contribution in [1.82, 2.24) is 10.2 Å². The van der Waals surface area contributed by atoms with E-state index in [-0.39, 0.29) is 11.9 Å². The first-order valence-electron chi connectivity index (χ1n) is 8.68. The van der Waals surface area contributed by atoms with Gasteiger partial charge < -0.3 is 10.2 Å². The van der Waals surface area contributed by atoms with Gasteiger partial charge in [-0.25, -0.2) is 0 Å². The van der Waals surface area contributed by atoms with Crippen molar-refractivity contribution < 1.29 is 4.79 Å². The van der Waals surface area contributed by atoms with Crippen LogP contribution in [-0.4, -0.2) is 49.6 Å². The predicted octanol–water partition coefficient (Wildman–Crippen LogP) is 3.27. The van der Waals surface area contributed by atoms with E-state index in [2.05, 4.69) is 32.6 Å². The average molecular weight is 378 g/mol. The maximum atomic E-state index is 12.4. The lowest BCUT2D eigenvalue weighted by Gasteiger charge is -2.38. The summed E-state index contributed by atoms with van der Waals surface area (Å²) < 4.78 is 0. The lowest BCUT2D eigenvalue weighted by atomic mass is 10.2. The van der Waals surface area contributed by atoms with Crippen molar-refractivity contribution in [3.63, 3.8) is 0 Å². The summed E-state index contributed by atoms with van der Waals surface area (Å²) in [6, 6.07) is 12.0. The number of nitrogens with zero attached hydrogens (tertiary/aromatic N) is 2. The number of carbonyl (C=O) groups excluding carboxylic acids is 1. The number of halogens is 1. The second kappa shape index (κ2) is 8.70. The number of amides is 1. The van der Waals surface area contributed by atoms with Gasteiger partial charge in [-0.15, -0.1) is 11.3 Å². The quantitative estimate of drug-likeness (QED) is 0.839. The molecule has 25 heavy (non-hydrogen) atoms. The maximum Gasteiger partial charge on any atom is 0.237 e. The first-order valence-corrected chi connectivity index (χ1v) is 9.94. The SMILES string of the molecule is C[C@H](C(=O)NCCc1cccs1)N1CCN(c2cccc(Cl)c2)CC1. The molecule has 3 rings (SSSR count). The van der Waals surface area contributed by atoms with Crippen LogP contribution >= 0.6 is 22.9 Å². The number of anilines is 1. The Morgan fingerprint density at radius 3 is 2.72 bits per heavy atom. The summed E-state index contributed by atoms with van der Waals surface area (Å²) in [5.74, 6) is 0.118. The van der Waals surface area contributed by atoms with Gasteiger partial charge in [0.05, 0.1) is 6.04 Å². The van der Waals surface area contributed by atoms with Crippen LogP contribution in [0, 0.1) is 0 Å². The lowest BCUT2D eigenvalue weighted by Crippen LogP contribution is -2.54. The first-order chi connectivity index (χ1) is 12.1. The van der Waals surface area contributed by atoms with Gasteiger partial charge >= 0.3 is 0 Å². The highest BCUT2D eigenvalue weighted by Gasteiger charge is 2.25. The molecular formula is C19H24ClN3OS.